The molecule has 0 aromatic rings. The largest absolute Gasteiger partial charge is 0.378 e. The summed E-state index contributed by atoms with van der Waals surface area (Å²) in [4.78, 5) is 9.89. The summed E-state index contributed by atoms with van der Waals surface area (Å²) in [5, 5.41) is 3.52. The second-order valence-electron chi connectivity index (χ2n) is 8.64. The molecule has 1 aliphatic carbocycles. The standard InChI is InChI=1S/C21H40N4O/c1-3-22-21(23-15-19-9-6-12-24(2)16-19)25-13-10-20(11-14-25)26-17-18-7-4-5-8-18/h18-20H,3-17H2,1-2H3,(H,22,23). The maximum absolute atomic E-state index is 6.23. The van der Waals surface area contributed by atoms with E-state index in [9.17, 15) is 0 Å². The van der Waals surface area contributed by atoms with Crippen molar-refractivity contribution in [1.82, 2.24) is 15.1 Å². The van der Waals surface area contributed by atoms with Gasteiger partial charge in [-0.25, -0.2) is 0 Å². The Bertz CT molecular complexity index is 428. The monoisotopic (exact) mass is 364 g/mol. The van der Waals surface area contributed by atoms with Crippen molar-refractivity contribution in [3.63, 3.8) is 0 Å². The number of ether oxygens (including phenoxy) is 1. The van der Waals surface area contributed by atoms with E-state index in [1.165, 1.54) is 51.6 Å². The van der Waals surface area contributed by atoms with E-state index in [-0.39, 0.29) is 0 Å². The Labute approximate surface area is 160 Å². The van der Waals surface area contributed by atoms with Crippen LogP contribution in [0.5, 0.6) is 0 Å². The van der Waals surface area contributed by atoms with Crippen LogP contribution >= 0.6 is 0 Å². The molecular weight excluding hydrogens is 324 g/mol. The molecule has 0 aromatic heterocycles. The molecule has 1 atom stereocenters. The van der Waals surface area contributed by atoms with Gasteiger partial charge in [0.2, 0.25) is 0 Å². The van der Waals surface area contributed by atoms with Gasteiger partial charge in [-0.3, -0.25) is 4.99 Å². The van der Waals surface area contributed by atoms with Crippen molar-refractivity contribution in [2.45, 2.75) is 64.4 Å². The van der Waals surface area contributed by atoms with Gasteiger partial charge in [0.05, 0.1) is 6.10 Å². The average molecular weight is 365 g/mol. The van der Waals surface area contributed by atoms with Crippen LogP contribution in [0.3, 0.4) is 0 Å². The number of aliphatic imine (C=N–C) groups is 1. The molecule has 5 nitrogen and oxygen atoms in total. The lowest BCUT2D eigenvalue weighted by atomic mass is 9.99. The second-order valence-corrected chi connectivity index (χ2v) is 8.64. The normalized spacial score (nSPS) is 27.2. The first-order valence-corrected chi connectivity index (χ1v) is 11.1. The Kier molecular flexibility index (Phi) is 8.06. The van der Waals surface area contributed by atoms with Crippen molar-refractivity contribution in [1.29, 1.82) is 0 Å². The molecule has 3 fully saturated rings. The van der Waals surface area contributed by atoms with Crippen molar-refractivity contribution in [3.05, 3.63) is 0 Å². The third kappa shape index (κ3) is 6.12. The van der Waals surface area contributed by atoms with E-state index in [0.717, 1.165) is 63.4 Å². The first kappa shape index (κ1) is 19.9. The SMILES string of the molecule is CCNC(=NCC1CCCN(C)C1)N1CCC(OCC2CCCC2)CC1. The van der Waals surface area contributed by atoms with E-state index in [2.05, 4.69) is 29.1 Å². The molecule has 0 aromatic carbocycles. The highest BCUT2D eigenvalue weighted by Gasteiger charge is 2.24. The fraction of sp³-hybridized carbons (Fsp3) is 0.952. The highest BCUT2D eigenvalue weighted by atomic mass is 16.5. The zero-order valence-electron chi connectivity index (χ0n) is 17.1. The maximum Gasteiger partial charge on any atom is 0.193 e. The van der Waals surface area contributed by atoms with Crippen LogP contribution in [0.1, 0.15) is 58.3 Å². The van der Waals surface area contributed by atoms with Crippen LogP contribution in [0, 0.1) is 11.8 Å². The van der Waals surface area contributed by atoms with E-state index in [1.807, 2.05) is 0 Å². The lowest BCUT2D eigenvalue weighted by Crippen LogP contribution is -2.47. The minimum atomic E-state index is 0.460. The van der Waals surface area contributed by atoms with E-state index in [1.54, 1.807) is 0 Å². The predicted octanol–water partition coefficient (Wildman–Crippen LogP) is 2.96. The molecule has 3 aliphatic rings. The van der Waals surface area contributed by atoms with Crippen LogP contribution < -0.4 is 5.32 Å². The molecule has 0 bridgehead atoms. The minimum Gasteiger partial charge on any atom is -0.378 e. The molecule has 5 heteroatoms. The Hall–Kier alpha value is -0.810. The van der Waals surface area contributed by atoms with Gasteiger partial charge in [-0.15, -0.1) is 0 Å². The average Bonchev–Trinajstić information content (AvgIpc) is 3.18. The minimum absolute atomic E-state index is 0.460. The van der Waals surface area contributed by atoms with Gasteiger partial charge in [0.1, 0.15) is 0 Å². The summed E-state index contributed by atoms with van der Waals surface area (Å²) in [5.41, 5.74) is 0. The molecule has 0 amide bonds. The zero-order valence-corrected chi connectivity index (χ0v) is 17.1. The Balaban J connectivity index is 1.42. The fourth-order valence-electron chi connectivity index (χ4n) is 4.75. The number of hydrogen-bond donors (Lipinski definition) is 1. The molecule has 2 heterocycles. The molecule has 1 saturated carbocycles. The number of hydrogen-bond acceptors (Lipinski definition) is 3. The van der Waals surface area contributed by atoms with Crippen molar-refractivity contribution >= 4 is 5.96 Å². The van der Waals surface area contributed by atoms with E-state index >= 15 is 0 Å². The number of nitrogens with zero attached hydrogens (tertiary/aromatic N) is 3. The molecule has 26 heavy (non-hydrogen) atoms. The molecule has 1 unspecified atom stereocenters. The van der Waals surface area contributed by atoms with Crippen LogP contribution in [0.15, 0.2) is 4.99 Å². The molecule has 3 rings (SSSR count). The lowest BCUT2D eigenvalue weighted by Gasteiger charge is -2.35. The van der Waals surface area contributed by atoms with Crippen molar-refractivity contribution < 1.29 is 4.74 Å². The molecule has 150 valence electrons. The molecule has 2 saturated heterocycles. The third-order valence-corrected chi connectivity index (χ3v) is 6.34. The summed E-state index contributed by atoms with van der Waals surface area (Å²) < 4.78 is 6.23. The maximum atomic E-state index is 6.23. The molecular formula is C21H40N4O. The zero-order chi connectivity index (χ0) is 18.2. The number of nitrogens with one attached hydrogen (secondary N) is 1. The highest BCUT2D eigenvalue weighted by Crippen LogP contribution is 2.26. The number of rotatable bonds is 6. The Morgan fingerprint density at radius 2 is 1.73 bits per heavy atom. The van der Waals surface area contributed by atoms with Gasteiger partial charge in [0, 0.05) is 39.3 Å². The Morgan fingerprint density at radius 3 is 2.42 bits per heavy atom. The van der Waals surface area contributed by atoms with Crippen LogP contribution in [0.25, 0.3) is 0 Å². The predicted molar refractivity (Wildman–Crippen MR) is 109 cm³/mol. The topological polar surface area (TPSA) is 40.1 Å². The van der Waals surface area contributed by atoms with Gasteiger partial charge < -0.3 is 19.9 Å². The summed E-state index contributed by atoms with van der Waals surface area (Å²) in [6, 6.07) is 0. The van der Waals surface area contributed by atoms with E-state index in [0.29, 0.717) is 6.10 Å². The van der Waals surface area contributed by atoms with Crippen LogP contribution in [0.4, 0.5) is 0 Å². The van der Waals surface area contributed by atoms with Crippen LogP contribution in [-0.4, -0.2) is 74.8 Å². The second kappa shape index (κ2) is 10.5. The van der Waals surface area contributed by atoms with Crippen molar-refractivity contribution in [2.24, 2.45) is 16.8 Å². The number of likely N-dealkylation sites (tertiary alicyclic amines) is 2. The highest BCUT2D eigenvalue weighted by molar-refractivity contribution is 5.80. The fourth-order valence-corrected chi connectivity index (χ4v) is 4.75. The summed E-state index contributed by atoms with van der Waals surface area (Å²) in [6.07, 6.45) is 11.0. The third-order valence-electron chi connectivity index (χ3n) is 6.34. The summed E-state index contributed by atoms with van der Waals surface area (Å²) in [6.45, 7) is 9.66. The van der Waals surface area contributed by atoms with Gasteiger partial charge >= 0.3 is 0 Å². The van der Waals surface area contributed by atoms with Gasteiger partial charge in [0.25, 0.3) is 0 Å². The van der Waals surface area contributed by atoms with Crippen LogP contribution in [0.2, 0.25) is 0 Å². The van der Waals surface area contributed by atoms with E-state index in [4.69, 9.17) is 9.73 Å². The van der Waals surface area contributed by atoms with Gasteiger partial charge in [0.15, 0.2) is 5.96 Å². The molecule has 2 aliphatic heterocycles. The lowest BCUT2D eigenvalue weighted by molar-refractivity contribution is 0.000998. The molecule has 0 radical (unpaired) electrons. The van der Waals surface area contributed by atoms with E-state index < -0.39 is 0 Å². The summed E-state index contributed by atoms with van der Waals surface area (Å²) in [5.74, 6) is 2.67. The number of guanidine groups is 1. The molecule has 1 N–H and O–H groups in total. The van der Waals surface area contributed by atoms with Gasteiger partial charge in [-0.2, -0.15) is 0 Å². The summed E-state index contributed by atoms with van der Waals surface area (Å²) in [7, 11) is 2.23. The first-order valence-electron chi connectivity index (χ1n) is 11.1. The first-order chi connectivity index (χ1) is 12.7. The summed E-state index contributed by atoms with van der Waals surface area (Å²) >= 11 is 0. The van der Waals surface area contributed by atoms with Crippen molar-refractivity contribution in [3.8, 4) is 0 Å². The molecule has 0 spiro atoms. The van der Waals surface area contributed by atoms with Gasteiger partial charge in [-0.1, -0.05) is 12.8 Å². The van der Waals surface area contributed by atoms with Crippen molar-refractivity contribution in [2.75, 3.05) is 52.9 Å². The Morgan fingerprint density at radius 1 is 1.00 bits per heavy atom. The quantitative estimate of drug-likeness (QED) is 0.581. The van der Waals surface area contributed by atoms with Gasteiger partial charge in [-0.05, 0) is 70.9 Å². The van der Waals surface area contributed by atoms with Crippen LogP contribution in [-0.2, 0) is 4.74 Å². The smallest absolute Gasteiger partial charge is 0.193 e. The number of piperidine rings is 2.